The Morgan fingerprint density at radius 3 is 2.21 bits per heavy atom. The van der Waals surface area contributed by atoms with Crippen LogP contribution in [-0.2, 0) is 6.42 Å². The van der Waals surface area contributed by atoms with Crippen LogP contribution >= 0.6 is 0 Å². The molecule has 5 rings (SSSR count). The van der Waals surface area contributed by atoms with Crippen molar-refractivity contribution in [2.75, 3.05) is 0 Å². The van der Waals surface area contributed by atoms with E-state index in [0.29, 0.717) is 12.2 Å². The minimum atomic E-state index is 0.591. The maximum Gasteiger partial charge on any atom is 0.156 e. The van der Waals surface area contributed by atoms with Gasteiger partial charge in [-0.05, 0) is 11.6 Å². The molecule has 28 heavy (non-hydrogen) atoms. The van der Waals surface area contributed by atoms with Crippen LogP contribution < -0.4 is 0 Å². The van der Waals surface area contributed by atoms with E-state index in [1.54, 1.807) is 6.20 Å². The molecule has 0 aliphatic carbocycles. The number of H-pyrrole nitrogens is 1. The third-order valence-electron chi connectivity index (χ3n) is 4.74. The van der Waals surface area contributed by atoms with E-state index in [1.807, 2.05) is 67.0 Å². The number of aromatic nitrogens is 5. The van der Waals surface area contributed by atoms with Crippen LogP contribution in [0, 0.1) is 0 Å². The maximum absolute atomic E-state index is 4.89. The number of aromatic amines is 1. The third kappa shape index (κ3) is 3.03. The van der Waals surface area contributed by atoms with Gasteiger partial charge in [-0.25, -0.2) is 4.98 Å². The predicted molar refractivity (Wildman–Crippen MR) is 110 cm³/mol. The summed E-state index contributed by atoms with van der Waals surface area (Å²) in [6.45, 7) is 0. The smallest absolute Gasteiger partial charge is 0.156 e. The minimum Gasteiger partial charge on any atom is -0.361 e. The van der Waals surface area contributed by atoms with Crippen molar-refractivity contribution >= 4 is 10.9 Å². The van der Waals surface area contributed by atoms with Gasteiger partial charge in [-0.3, -0.25) is 4.98 Å². The summed E-state index contributed by atoms with van der Waals surface area (Å²) in [6.07, 6.45) is 6.23. The number of hydrogen-bond acceptors (Lipinski definition) is 4. The Morgan fingerprint density at radius 2 is 1.46 bits per heavy atom. The number of rotatable bonds is 4. The van der Waals surface area contributed by atoms with Gasteiger partial charge in [0.05, 0.1) is 0 Å². The number of nitrogens with one attached hydrogen (secondary N) is 1. The molecule has 1 N–H and O–H groups in total. The van der Waals surface area contributed by atoms with Gasteiger partial charge in [-0.1, -0.05) is 60.7 Å². The molecule has 3 aromatic heterocycles. The van der Waals surface area contributed by atoms with Crippen molar-refractivity contribution in [3.05, 3.63) is 96.7 Å². The molecule has 0 bridgehead atoms. The second-order valence-corrected chi connectivity index (χ2v) is 6.57. The number of nitrogens with zero attached hydrogens (tertiary/aromatic N) is 4. The molecule has 0 spiro atoms. The van der Waals surface area contributed by atoms with Crippen molar-refractivity contribution in [1.29, 1.82) is 0 Å². The first-order chi connectivity index (χ1) is 13.9. The lowest BCUT2D eigenvalue weighted by Gasteiger charge is -2.09. The van der Waals surface area contributed by atoms with Crippen LogP contribution in [0.4, 0.5) is 0 Å². The summed E-state index contributed by atoms with van der Waals surface area (Å²) in [5.74, 6) is 0.684. The van der Waals surface area contributed by atoms with E-state index in [4.69, 9.17) is 4.98 Å². The Balaban J connectivity index is 1.61. The zero-order valence-electron chi connectivity index (χ0n) is 15.1. The average molecular weight is 363 g/mol. The van der Waals surface area contributed by atoms with Crippen LogP contribution in [0.15, 0.2) is 85.3 Å². The Labute approximate surface area is 162 Å². The molecule has 0 aliphatic heterocycles. The van der Waals surface area contributed by atoms with Gasteiger partial charge in [0.25, 0.3) is 0 Å². The second-order valence-electron chi connectivity index (χ2n) is 6.57. The predicted octanol–water partition coefficient (Wildman–Crippen LogP) is 4.67. The van der Waals surface area contributed by atoms with Crippen LogP contribution in [0.25, 0.3) is 33.4 Å². The Bertz CT molecular complexity index is 1230. The quantitative estimate of drug-likeness (QED) is 0.504. The largest absolute Gasteiger partial charge is 0.361 e. The van der Waals surface area contributed by atoms with Gasteiger partial charge in [0.15, 0.2) is 5.82 Å². The molecule has 5 heteroatoms. The lowest BCUT2D eigenvalue weighted by atomic mass is 10.0. The van der Waals surface area contributed by atoms with E-state index in [9.17, 15) is 0 Å². The van der Waals surface area contributed by atoms with E-state index in [-0.39, 0.29) is 0 Å². The third-order valence-corrected chi connectivity index (χ3v) is 4.74. The van der Waals surface area contributed by atoms with E-state index >= 15 is 0 Å². The van der Waals surface area contributed by atoms with Crippen LogP contribution in [0.2, 0.25) is 0 Å². The summed E-state index contributed by atoms with van der Waals surface area (Å²) in [6, 6.07) is 22.1. The van der Waals surface area contributed by atoms with Crippen molar-refractivity contribution in [2.24, 2.45) is 0 Å². The van der Waals surface area contributed by atoms with Gasteiger partial charge >= 0.3 is 0 Å². The first-order valence-corrected chi connectivity index (χ1v) is 9.13. The van der Waals surface area contributed by atoms with E-state index in [0.717, 1.165) is 39.0 Å². The summed E-state index contributed by atoms with van der Waals surface area (Å²) >= 11 is 0. The molecule has 0 atom stereocenters. The highest BCUT2D eigenvalue weighted by Gasteiger charge is 2.14. The van der Waals surface area contributed by atoms with Crippen LogP contribution in [-0.4, -0.2) is 25.1 Å². The summed E-state index contributed by atoms with van der Waals surface area (Å²) < 4.78 is 0. The zero-order chi connectivity index (χ0) is 18.8. The van der Waals surface area contributed by atoms with Gasteiger partial charge in [0.2, 0.25) is 0 Å². The molecule has 0 amide bonds. The first kappa shape index (κ1) is 16.3. The van der Waals surface area contributed by atoms with Crippen LogP contribution in [0.5, 0.6) is 0 Å². The number of pyridine rings is 1. The fourth-order valence-corrected chi connectivity index (χ4v) is 3.36. The van der Waals surface area contributed by atoms with E-state index in [1.165, 1.54) is 0 Å². The van der Waals surface area contributed by atoms with Gasteiger partial charge in [-0.15, -0.1) is 10.2 Å². The SMILES string of the molecule is c1ccc(-c2nnc(Cc3c[nH]c4ccncc34)nc2-c2ccccc2)cc1. The molecule has 3 heterocycles. The normalized spacial score (nSPS) is 11.0. The Kier molecular flexibility index (Phi) is 4.10. The monoisotopic (exact) mass is 363 g/mol. The zero-order valence-corrected chi connectivity index (χ0v) is 15.1. The van der Waals surface area contributed by atoms with Crippen molar-refractivity contribution in [2.45, 2.75) is 6.42 Å². The molecule has 5 nitrogen and oxygen atoms in total. The molecule has 134 valence electrons. The van der Waals surface area contributed by atoms with E-state index < -0.39 is 0 Å². The second kappa shape index (κ2) is 7.04. The lowest BCUT2D eigenvalue weighted by Crippen LogP contribution is -2.03. The van der Waals surface area contributed by atoms with Crippen LogP contribution in [0.3, 0.4) is 0 Å². The Hall–Kier alpha value is -3.86. The highest BCUT2D eigenvalue weighted by Crippen LogP contribution is 2.28. The van der Waals surface area contributed by atoms with Gasteiger partial charge in [0.1, 0.15) is 11.4 Å². The topological polar surface area (TPSA) is 67.3 Å². The first-order valence-electron chi connectivity index (χ1n) is 9.13. The molecule has 0 aliphatic rings. The summed E-state index contributed by atoms with van der Waals surface area (Å²) in [7, 11) is 0. The molecule has 0 saturated carbocycles. The Morgan fingerprint density at radius 1 is 0.750 bits per heavy atom. The van der Waals surface area contributed by atoms with Crippen LogP contribution in [0.1, 0.15) is 11.4 Å². The van der Waals surface area contributed by atoms with Crippen molar-refractivity contribution in [1.82, 2.24) is 25.1 Å². The molecule has 2 aromatic carbocycles. The summed E-state index contributed by atoms with van der Waals surface area (Å²) in [4.78, 5) is 12.4. The van der Waals surface area contributed by atoms with Gasteiger partial charge < -0.3 is 4.98 Å². The number of benzene rings is 2. The molecule has 0 fully saturated rings. The fraction of sp³-hybridized carbons (Fsp3) is 0.0435. The summed E-state index contributed by atoms with van der Waals surface area (Å²) in [5.41, 5.74) is 5.83. The summed E-state index contributed by atoms with van der Waals surface area (Å²) in [5, 5.41) is 10.1. The average Bonchev–Trinajstić information content (AvgIpc) is 3.18. The fourth-order valence-electron chi connectivity index (χ4n) is 3.36. The maximum atomic E-state index is 4.89. The number of fused-ring (bicyclic) bond motifs is 1. The molecule has 0 unspecified atom stereocenters. The van der Waals surface area contributed by atoms with Gasteiger partial charge in [0, 0.05) is 47.0 Å². The van der Waals surface area contributed by atoms with Crippen molar-refractivity contribution in [3.63, 3.8) is 0 Å². The molecule has 0 saturated heterocycles. The standard InChI is InChI=1S/C23H17N5/c1-3-7-16(8-4-1)22-23(17-9-5-2-6-10-17)28-27-21(26-22)13-18-14-25-20-11-12-24-15-19(18)20/h1-12,14-15,25H,13H2. The lowest BCUT2D eigenvalue weighted by molar-refractivity contribution is 0.876. The van der Waals surface area contributed by atoms with E-state index in [2.05, 4.69) is 32.3 Å². The highest BCUT2D eigenvalue weighted by atomic mass is 15.2. The highest BCUT2D eigenvalue weighted by molar-refractivity contribution is 5.82. The molecular weight excluding hydrogens is 346 g/mol. The molecule has 0 radical (unpaired) electrons. The molecular formula is C23H17N5. The number of hydrogen-bond donors (Lipinski definition) is 1. The minimum absolute atomic E-state index is 0.591. The van der Waals surface area contributed by atoms with Gasteiger partial charge in [-0.2, -0.15) is 0 Å². The molecule has 5 aromatic rings. The van der Waals surface area contributed by atoms with Crippen molar-refractivity contribution in [3.8, 4) is 22.5 Å². The van der Waals surface area contributed by atoms with Crippen molar-refractivity contribution < 1.29 is 0 Å².